The van der Waals surface area contributed by atoms with Crippen LogP contribution in [0.3, 0.4) is 0 Å². The van der Waals surface area contributed by atoms with Gasteiger partial charge in [-0.15, -0.1) is 0 Å². The molecule has 1 aromatic rings. The first-order valence-corrected chi connectivity index (χ1v) is 6.14. The van der Waals surface area contributed by atoms with Crippen LogP contribution in [0.2, 0.25) is 0 Å². The van der Waals surface area contributed by atoms with Gasteiger partial charge in [0.2, 0.25) is 0 Å². The third-order valence-corrected chi connectivity index (χ3v) is 3.72. The first-order chi connectivity index (χ1) is 7.76. The van der Waals surface area contributed by atoms with Crippen LogP contribution >= 0.6 is 0 Å². The fourth-order valence-corrected chi connectivity index (χ4v) is 2.48. The van der Waals surface area contributed by atoms with Crippen molar-refractivity contribution in [3.8, 4) is 5.75 Å². The molecule has 0 unspecified atom stereocenters. The van der Waals surface area contributed by atoms with E-state index in [1.165, 1.54) is 31.2 Å². The van der Waals surface area contributed by atoms with E-state index in [9.17, 15) is 0 Å². The molecule has 0 bridgehead atoms. The molecule has 0 aliphatic heterocycles. The number of para-hydroxylation sites is 1. The summed E-state index contributed by atoms with van der Waals surface area (Å²) in [7, 11) is 0. The molecular formula is C14H21NO. The summed E-state index contributed by atoms with van der Waals surface area (Å²) < 4.78 is 5.93. The number of hydrogen-bond donors (Lipinski definition) is 1. The van der Waals surface area contributed by atoms with E-state index in [0.717, 1.165) is 18.9 Å². The van der Waals surface area contributed by atoms with Crippen LogP contribution in [0.1, 0.15) is 31.2 Å². The van der Waals surface area contributed by atoms with Crippen LogP contribution in [0.5, 0.6) is 5.75 Å². The summed E-state index contributed by atoms with van der Waals surface area (Å²) in [6, 6.07) is 8.18. The molecule has 0 heterocycles. The molecule has 1 aromatic carbocycles. The van der Waals surface area contributed by atoms with Gasteiger partial charge in [-0.2, -0.15) is 0 Å². The molecule has 2 heteroatoms. The highest BCUT2D eigenvalue weighted by Crippen LogP contribution is 2.37. The van der Waals surface area contributed by atoms with E-state index in [1.807, 2.05) is 18.2 Å². The lowest BCUT2D eigenvalue weighted by Gasteiger charge is -2.27. The minimum atomic E-state index is 0.238. The van der Waals surface area contributed by atoms with Gasteiger partial charge in [0.1, 0.15) is 5.75 Å². The van der Waals surface area contributed by atoms with E-state index in [2.05, 4.69) is 13.0 Å². The molecule has 2 N–H and O–H groups in total. The van der Waals surface area contributed by atoms with Crippen LogP contribution in [-0.2, 0) is 0 Å². The minimum Gasteiger partial charge on any atom is -0.493 e. The van der Waals surface area contributed by atoms with Crippen molar-refractivity contribution < 1.29 is 4.74 Å². The molecule has 1 saturated carbocycles. The number of hydrogen-bond acceptors (Lipinski definition) is 2. The predicted molar refractivity (Wildman–Crippen MR) is 66.6 cm³/mol. The van der Waals surface area contributed by atoms with E-state index in [-0.39, 0.29) is 5.41 Å². The molecule has 1 aliphatic rings. The molecule has 1 aliphatic carbocycles. The average molecular weight is 219 g/mol. The first kappa shape index (κ1) is 11.5. The van der Waals surface area contributed by atoms with Gasteiger partial charge < -0.3 is 10.5 Å². The fourth-order valence-electron chi connectivity index (χ4n) is 2.48. The van der Waals surface area contributed by atoms with Crippen molar-refractivity contribution in [2.45, 2.75) is 32.6 Å². The smallest absolute Gasteiger partial charge is 0.122 e. The van der Waals surface area contributed by atoms with Crippen LogP contribution in [0, 0.1) is 12.3 Å². The SMILES string of the molecule is Cc1ccccc1OCC1(CN)CCCC1. The van der Waals surface area contributed by atoms with Crippen LogP contribution in [0.4, 0.5) is 0 Å². The van der Waals surface area contributed by atoms with Crippen molar-refractivity contribution in [2.24, 2.45) is 11.1 Å². The maximum absolute atomic E-state index is 5.93. The second kappa shape index (κ2) is 4.88. The topological polar surface area (TPSA) is 35.2 Å². The Kier molecular flexibility index (Phi) is 3.49. The standard InChI is InChI=1S/C14H21NO/c1-12-6-2-3-7-13(12)16-11-14(10-15)8-4-5-9-14/h2-3,6-7H,4-5,8-11,15H2,1H3. The van der Waals surface area contributed by atoms with E-state index in [4.69, 9.17) is 10.5 Å². The molecule has 0 amide bonds. The Morgan fingerprint density at radius 3 is 2.56 bits per heavy atom. The number of nitrogens with two attached hydrogens (primary N) is 1. The predicted octanol–water partition coefficient (Wildman–Crippen LogP) is 2.89. The second-order valence-electron chi connectivity index (χ2n) is 4.97. The second-order valence-corrected chi connectivity index (χ2v) is 4.97. The van der Waals surface area contributed by atoms with Crippen molar-refractivity contribution in [2.75, 3.05) is 13.2 Å². The van der Waals surface area contributed by atoms with Gasteiger partial charge in [0.25, 0.3) is 0 Å². The molecule has 0 aromatic heterocycles. The zero-order valence-electron chi connectivity index (χ0n) is 10.0. The van der Waals surface area contributed by atoms with Crippen molar-refractivity contribution in [1.82, 2.24) is 0 Å². The van der Waals surface area contributed by atoms with Crippen molar-refractivity contribution in [3.63, 3.8) is 0 Å². The van der Waals surface area contributed by atoms with Crippen LogP contribution in [0.15, 0.2) is 24.3 Å². The Balaban J connectivity index is 1.98. The Bertz CT molecular complexity index is 342. The maximum atomic E-state index is 5.93. The fraction of sp³-hybridized carbons (Fsp3) is 0.571. The van der Waals surface area contributed by atoms with Crippen LogP contribution in [0.25, 0.3) is 0 Å². The summed E-state index contributed by atoms with van der Waals surface area (Å²) in [5.74, 6) is 1.00. The zero-order valence-corrected chi connectivity index (χ0v) is 10.0. The Morgan fingerprint density at radius 1 is 1.25 bits per heavy atom. The summed E-state index contributed by atoms with van der Waals surface area (Å²) in [6.45, 7) is 3.60. The lowest BCUT2D eigenvalue weighted by Crippen LogP contribution is -2.33. The molecule has 0 atom stereocenters. The third kappa shape index (κ3) is 2.38. The average Bonchev–Trinajstić information content (AvgIpc) is 2.78. The molecule has 1 fully saturated rings. The van der Waals surface area contributed by atoms with Gasteiger partial charge >= 0.3 is 0 Å². The molecule has 88 valence electrons. The number of aryl methyl sites for hydroxylation is 1. The van der Waals surface area contributed by atoms with Gasteiger partial charge in [-0.25, -0.2) is 0 Å². The normalized spacial score (nSPS) is 18.6. The summed E-state index contributed by atoms with van der Waals surface area (Å²) in [6.07, 6.45) is 5.04. The molecule has 2 rings (SSSR count). The summed E-state index contributed by atoms with van der Waals surface area (Å²) in [5.41, 5.74) is 7.33. The van der Waals surface area contributed by atoms with Crippen molar-refractivity contribution in [3.05, 3.63) is 29.8 Å². The highest BCUT2D eigenvalue weighted by atomic mass is 16.5. The highest BCUT2D eigenvalue weighted by Gasteiger charge is 2.33. The molecule has 16 heavy (non-hydrogen) atoms. The van der Waals surface area contributed by atoms with Gasteiger partial charge in [-0.1, -0.05) is 31.0 Å². The van der Waals surface area contributed by atoms with Gasteiger partial charge in [0.05, 0.1) is 6.61 Å². The summed E-state index contributed by atoms with van der Waals surface area (Å²) in [4.78, 5) is 0. The first-order valence-electron chi connectivity index (χ1n) is 6.14. The lowest BCUT2D eigenvalue weighted by atomic mass is 9.87. The van der Waals surface area contributed by atoms with E-state index in [1.54, 1.807) is 0 Å². The van der Waals surface area contributed by atoms with Crippen LogP contribution in [-0.4, -0.2) is 13.2 Å². The number of ether oxygens (including phenoxy) is 1. The molecule has 0 radical (unpaired) electrons. The van der Waals surface area contributed by atoms with Crippen molar-refractivity contribution in [1.29, 1.82) is 0 Å². The molecule has 2 nitrogen and oxygen atoms in total. The summed E-state index contributed by atoms with van der Waals surface area (Å²) >= 11 is 0. The van der Waals surface area contributed by atoms with E-state index >= 15 is 0 Å². The molecule has 0 saturated heterocycles. The Hall–Kier alpha value is -1.02. The van der Waals surface area contributed by atoms with Crippen LogP contribution < -0.4 is 10.5 Å². The van der Waals surface area contributed by atoms with Gasteiger partial charge in [-0.05, 0) is 31.4 Å². The molecular weight excluding hydrogens is 198 g/mol. The monoisotopic (exact) mass is 219 g/mol. The Labute approximate surface area is 97.8 Å². The van der Waals surface area contributed by atoms with Gasteiger partial charge in [-0.3, -0.25) is 0 Å². The zero-order chi connectivity index (χ0) is 11.4. The van der Waals surface area contributed by atoms with Crippen molar-refractivity contribution >= 4 is 0 Å². The highest BCUT2D eigenvalue weighted by molar-refractivity contribution is 5.31. The van der Waals surface area contributed by atoms with Gasteiger partial charge in [0.15, 0.2) is 0 Å². The molecule has 0 spiro atoms. The number of rotatable bonds is 4. The quantitative estimate of drug-likeness (QED) is 0.845. The Morgan fingerprint density at radius 2 is 1.94 bits per heavy atom. The lowest BCUT2D eigenvalue weighted by molar-refractivity contribution is 0.156. The largest absolute Gasteiger partial charge is 0.493 e. The maximum Gasteiger partial charge on any atom is 0.122 e. The summed E-state index contributed by atoms with van der Waals surface area (Å²) in [5, 5.41) is 0. The third-order valence-electron chi connectivity index (χ3n) is 3.72. The van der Waals surface area contributed by atoms with E-state index in [0.29, 0.717) is 0 Å². The number of benzene rings is 1. The van der Waals surface area contributed by atoms with E-state index < -0.39 is 0 Å². The van der Waals surface area contributed by atoms with Gasteiger partial charge in [0, 0.05) is 12.0 Å². The minimum absolute atomic E-state index is 0.238.